The summed E-state index contributed by atoms with van der Waals surface area (Å²) in [5, 5.41) is 2.06. The Balaban J connectivity index is 1.59. The van der Waals surface area contributed by atoms with Crippen LogP contribution in [0.2, 0.25) is 0 Å². The molecule has 2 aromatic carbocycles. The molecule has 0 saturated heterocycles. The lowest BCUT2D eigenvalue weighted by Gasteiger charge is -2.35. The molecule has 1 N–H and O–H groups in total. The molecule has 4 rings (SSSR count). The lowest BCUT2D eigenvalue weighted by molar-refractivity contribution is 0.183. The number of aryl methyl sites for hydroxylation is 3. The number of hydrogen-bond donors (Lipinski definition) is 1. The number of thiophene rings is 1. The van der Waals surface area contributed by atoms with E-state index >= 15 is 0 Å². The third-order valence-corrected chi connectivity index (χ3v) is 8.51. The van der Waals surface area contributed by atoms with Gasteiger partial charge in [0.25, 0.3) is 0 Å². The molecule has 0 fully saturated rings. The van der Waals surface area contributed by atoms with Gasteiger partial charge in [0.05, 0.1) is 10.9 Å². The van der Waals surface area contributed by atoms with E-state index in [-0.39, 0.29) is 6.04 Å². The summed E-state index contributed by atoms with van der Waals surface area (Å²) in [6, 6.07) is 16.5. The molecule has 1 aliphatic rings. The van der Waals surface area contributed by atoms with Gasteiger partial charge < -0.3 is 0 Å². The second-order valence-electron chi connectivity index (χ2n) is 8.10. The van der Waals surface area contributed by atoms with Crippen LogP contribution in [0, 0.1) is 20.8 Å². The number of rotatable bonds is 6. The molecule has 3 aromatic rings. The monoisotopic (exact) mass is 440 g/mol. The fourth-order valence-electron chi connectivity index (χ4n) is 4.53. The third kappa shape index (κ3) is 4.37. The van der Waals surface area contributed by atoms with Crippen LogP contribution in [0.4, 0.5) is 0 Å². The molecule has 1 atom stereocenters. The standard InChI is InChI=1S/C24H28N2O2S2/c1-17-13-18(2)24(19(3)14-17)30(27,28)25-15-22(23-9-6-12-29-23)26-11-10-20-7-4-5-8-21(20)16-26/h4-9,12-14,22,25H,10-11,15-16H2,1-3H3/t22-/m0/s1. The molecule has 1 aromatic heterocycles. The Bertz CT molecular complexity index is 1110. The van der Waals surface area contributed by atoms with Gasteiger partial charge in [-0.25, -0.2) is 13.1 Å². The quantitative estimate of drug-likeness (QED) is 0.602. The number of benzene rings is 2. The van der Waals surface area contributed by atoms with Crippen LogP contribution >= 0.6 is 11.3 Å². The van der Waals surface area contributed by atoms with Crippen molar-refractivity contribution in [2.75, 3.05) is 13.1 Å². The summed E-state index contributed by atoms with van der Waals surface area (Å²) in [6.45, 7) is 7.84. The lowest BCUT2D eigenvalue weighted by atomic mass is 9.98. The first-order valence-electron chi connectivity index (χ1n) is 10.3. The van der Waals surface area contributed by atoms with Gasteiger partial charge in [0.15, 0.2) is 0 Å². The smallest absolute Gasteiger partial charge is 0.241 e. The summed E-state index contributed by atoms with van der Waals surface area (Å²) in [4.78, 5) is 3.99. The Kier molecular flexibility index (Phi) is 6.11. The fraction of sp³-hybridized carbons (Fsp3) is 0.333. The molecule has 4 nitrogen and oxygen atoms in total. The zero-order valence-corrected chi connectivity index (χ0v) is 19.3. The fourth-order valence-corrected chi connectivity index (χ4v) is 6.87. The van der Waals surface area contributed by atoms with E-state index in [1.54, 1.807) is 11.3 Å². The molecule has 1 aliphatic heterocycles. The highest BCUT2D eigenvalue weighted by molar-refractivity contribution is 7.89. The molecule has 0 unspecified atom stereocenters. The molecule has 0 amide bonds. The molecule has 0 aliphatic carbocycles. The SMILES string of the molecule is Cc1cc(C)c(S(=O)(=O)NC[C@@H](c2cccs2)N2CCc3ccccc3C2)c(C)c1. The minimum absolute atomic E-state index is 0.0131. The summed E-state index contributed by atoms with van der Waals surface area (Å²) in [6.07, 6.45) is 0.987. The maximum absolute atomic E-state index is 13.2. The molecule has 6 heteroatoms. The number of fused-ring (bicyclic) bond motifs is 1. The zero-order valence-electron chi connectivity index (χ0n) is 17.7. The Morgan fingerprint density at radius 1 is 1.03 bits per heavy atom. The molecule has 0 radical (unpaired) electrons. The first-order chi connectivity index (χ1) is 14.3. The number of sulfonamides is 1. The molecule has 2 heterocycles. The number of nitrogens with one attached hydrogen (secondary N) is 1. The Hall–Kier alpha value is -1.99. The predicted molar refractivity (Wildman–Crippen MR) is 123 cm³/mol. The lowest BCUT2D eigenvalue weighted by Crippen LogP contribution is -2.40. The van der Waals surface area contributed by atoms with Crippen LogP contribution in [-0.2, 0) is 23.0 Å². The van der Waals surface area contributed by atoms with Crippen LogP contribution in [0.25, 0.3) is 0 Å². The topological polar surface area (TPSA) is 49.4 Å². The summed E-state index contributed by atoms with van der Waals surface area (Å²) in [5.74, 6) is 0. The van der Waals surface area contributed by atoms with Gasteiger partial charge in [-0.1, -0.05) is 48.0 Å². The van der Waals surface area contributed by atoms with E-state index in [4.69, 9.17) is 0 Å². The molecule has 30 heavy (non-hydrogen) atoms. The Morgan fingerprint density at radius 2 is 1.73 bits per heavy atom. The van der Waals surface area contributed by atoms with Gasteiger partial charge in [0, 0.05) is 24.5 Å². The largest absolute Gasteiger partial charge is 0.290 e. The zero-order chi connectivity index (χ0) is 21.3. The second-order valence-corrected chi connectivity index (χ2v) is 10.8. The molecule has 0 bridgehead atoms. The van der Waals surface area contributed by atoms with Crippen molar-refractivity contribution in [3.05, 3.63) is 86.6 Å². The van der Waals surface area contributed by atoms with Crippen LogP contribution in [0.3, 0.4) is 0 Å². The summed E-state index contributed by atoms with van der Waals surface area (Å²) < 4.78 is 29.4. The average Bonchev–Trinajstić information content (AvgIpc) is 3.21. The highest BCUT2D eigenvalue weighted by Crippen LogP contribution is 2.31. The minimum Gasteiger partial charge on any atom is -0.290 e. The van der Waals surface area contributed by atoms with Crippen LogP contribution in [0.5, 0.6) is 0 Å². The van der Waals surface area contributed by atoms with Gasteiger partial charge in [-0.05, 0) is 60.9 Å². The van der Waals surface area contributed by atoms with Crippen molar-refractivity contribution >= 4 is 21.4 Å². The molecule has 0 saturated carbocycles. The Morgan fingerprint density at radius 3 is 2.40 bits per heavy atom. The highest BCUT2D eigenvalue weighted by Gasteiger charge is 2.28. The van der Waals surface area contributed by atoms with E-state index in [0.717, 1.165) is 36.2 Å². The number of hydrogen-bond acceptors (Lipinski definition) is 4. The van der Waals surface area contributed by atoms with E-state index < -0.39 is 10.0 Å². The minimum atomic E-state index is -3.60. The van der Waals surface area contributed by atoms with E-state index in [1.807, 2.05) is 39.0 Å². The van der Waals surface area contributed by atoms with Gasteiger partial charge in [-0.15, -0.1) is 11.3 Å². The maximum Gasteiger partial charge on any atom is 0.241 e. The molecular formula is C24H28N2O2S2. The second kappa shape index (κ2) is 8.63. The van der Waals surface area contributed by atoms with E-state index in [9.17, 15) is 8.42 Å². The third-order valence-electron chi connectivity index (χ3n) is 5.81. The normalized spacial score (nSPS) is 15.7. The Labute approximate surface area is 183 Å². The van der Waals surface area contributed by atoms with Crippen LogP contribution < -0.4 is 4.72 Å². The van der Waals surface area contributed by atoms with E-state index in [1.165, 1.54) is 16.0 Å². The van der Waals surface area contributed by atoms with Crippen molar-refractivity contribution in [1.29, 1.82) is 0 Å². The maximum atomic E-state index is 13.2. The molecule has 158 valence electrons. The van der Waals surface area contributed by atoms with E-state index in [2.05, 4.69) is 45.3 Å². The average molecular weight is 441 g/mol. The van der Waals surface area contributed by atoms with Gasteiger partial charge in [-0.2, -0.15) is 0 Å². The highest BCUT2D eigenvalue weighted by atomic mass is 32.2. The van der Waals surface area contributed by atoms with Crippen LogP contribution in [0.15, 0.2) is 58.8 Å². The van der Waals surface area contributed by atoms with Crippen molar-refractivity contribution < 1.29 is 8.42 Å². The predicted octanol–water partition coefficient (Wildman–Crippen LogP) is 4.75. The first kappa shape index (κ1) is 21.2. The van der Waals surface area contributed by atoms with Gasteiger partial charge in [0.2, 0.25) is 10.0 Å². The van der Waals surface area contributed by atoms with Gasteiger partial charge in [-0.3, -0.25) is 4.90 Å². The summed E-state index contributed by atoms with van der Waals surface area (Å²) in [7, 11) is -3.60. The van der Waals surface area contributed by atoms with Crippen molar-refractivity contribution in [3.8, 4) is 0 Å². The van der Waals surface area contributed by atoms with E-state index in [0.29, 0.717) is 11.4 Å². The summed E-state index contributed by atoms with van der Waals surface area (Å²) in [5.41, 5.74) is 5.38. The van der Waals surface area contributed by atoms with Gasteiger partial charge >= 0.3 is 0 Å². The molecule has 0 spiro atoms. The van der Waals surface area contributed by atoms with Crippen molar-refractivity contribution in [2.24, 2.45) is 0 Å². The molecular weight excluding hydrogens is 412 g/mol. The summed E-state index contributed by atoms with van der Waals surface area (Å²) >= 11 is 1.68. The number of nitrogens with zero attached hydrogens (tertiary/aromatic N) is 1. The van der Waals surface area contributed by atoms with Crippen molar-refractivity contribution in [3.63, 3.8) is 0 Å². The van der Waals surface area contributed by atoms with Crippen molar-refractivity contribution in [2.45, 2.75) is 44.7 Å². The van der Waals surface area contributed by atoms with Gasteiger partial charge in [0.1, 0.15) is 0 Å². The van der Waals surface area contributed by atoms with Crippen LogP contribution in [0.1, 0.15) is 38.7 Å². The first-order valence-corrected chi connectivity index (χ1v) is 12.6. The van der Waals surface area contributed by atoms with Crippen molar-refractivity contribution in [1.82, 2.24) is 9.62 Å². The van der Waals surface area contributed by atoms with Crippen LogP contribution in [-0.4, -0.2) is 26.4 Å².